The van der Waals surface area contributed by atoms with Crippen molar-refractivity contribution in [1.82, 2.24) is 15.4 Å². The summed E-state index contributed by atoms with van der Waals surface area (Å²) in [5.41, 5.74) is 6.81. The van der Waals surface area contributed by atoms with Gasteiger partial charge in [0.1, 0.15) is 5.01 Å². The molecule has 0 saturated heterocycles. The third kappa shape index (κ3) is 2.96. The fourth-order valence-corrected chi connectivity index (χ4v) is 3.28. The summed E-state index contributed by atoms with van der Waals surface area (Å²) < 4.78 is 4.98. The molecule has 0 atom stereocenters. The zero-order chi connectivity index (χ0) is 16.4. The second-order valence-electron chi connectivity index (χ2n) is 4.56. The predicted molar refractivity (Wildman–Crippen MR) is 85.2 cm³/mol. The summed E-state index contributed by atoms with van der Waals surface area (Å²) in [5.74, 6) is -0.860. The monoisotopic (exact) mass is 350 g/mol. The highest BCUT2D eigenvalue weighted by molar-refractivity contribution is 7.18. The lowest BCUT2D eigenvalue weighted by Gasteiger charge is -1.98. The molecule has 1 amide bonds. The van der Waals surface area contributed by atoms with E-state index in [1.54, 1.807) is 6.07 Å². The minimum atomic E-state index is -0.758. The standard InChI is InChI=1S/C14H11ClN4O3S/c15-8-4-2-1-3-7(8)13-17-18-14(23-13)10-9(5-6-20)19-22-11(10)12(16)21/h1-4,20H,5-6H2,(H2,16,21). The summed E-state index contributed by atoms with van der Waals surface area (Å²) in [4.78, 5) is 11.5. The number of primary amides is 1. The van der Waals surface area contributed by atoms with Gasteiger partial charge in [0.25, 0.3) is 5.91 Å². The maximum atomic E-state index is 11.5. The van der Waals surface area contributed by atoms with E-state index in [2.05, 4.69) is 15.4 Å². The summed E-state index contributed by atoms with van der Waals surface area (Å²) in [6.07, 6.45) is 0.215. The van der Waals surface area contributed by atoms with Gasteiger partial charge in [-0.25, -0.2) is 0 Å². The Morgan fingerprint density at radius 1 is 1.30 bits per heavy atom. The third-order valence-corrected chi connectivity index (χ3v) is 4.38. The Balaban J connectivity index is 2.09. The lowest BCUT2D eigenvalue weighted by molar-refractivity contribution is 0.0965. The molecular weight excluding hydrogens is 340 g/mol. The van der Waals surface area contributed by atoms with E-state index in [0.29, 0.717) is 26.3 Å². The zero-order valence-electron chi connectivity index (χ0n) is 11.7. The number of hydrogen-bond acceptors (Lipinski definition) is 7. The Hall–Kier alpha value is -2.29. The van der Waals surface area contributed by atoms with Crippen LogP contribution in [0.3, 0.4) is 0 Å². The molecule has 0 bridgehead atoms. The first-order chi connectivity index (χ1) is 11.1. The number of rotatable bonds is 5. The van der Waals surface area contributed by atoms with Crippen molar-refractivity contribution in [2.24, 2.45) is 5.73 Å². The van der Waals surface area contributed by atoms with Gasteiger partial charge < -0.3 is 15.4 Å². The summed E-state index contributed by atoms with van der Waals surface area (Å²) in [6.45, 7) is -0.145. The fourth-order valence-electron chi connectivity index (χ4n) is 2.06. The van der Waals surface area contributed by atoms with Crippen LogP contribution in [0.2, 0.25) is 5.02 Å². The van der Waals surface area contributed by atoms with E-state index in [1.165, 1.54) is 11.3 Å². The van der Waals surface area contributed by atoms with Crippen molar-refractivity contribution in [3.63, 3.8) is 0 Å². The van der Waals surface area contributed by atoms with E-state index in [0.717, 1.165) is 5.56 Å². The van der Waals surface area contributed by atoms with Gasteiger partial charge in [0.05, 0.1) is 16.3 Å². The molecule has 0 aliphatic carbocycles. The topological polar surface area (TPSA) is 115 Å². The van der Waals surface area contributed by atoms with Crippen LogP contribution < -0.4 is 5.73 Å². The van der Waals surface area contributed by atoms with E-state index in [9.17, 15) is 4.79 Å². The summed E-state index contributed by atoms with van der Waals surface area (Å²) in [5, 5.41) is 22.6. The molecule has 7 nitrogen and oxygen atoms in total. The summed E-state index contributed by atoms with van der Waals surface area (Å²) in [7, 11) is 0. The maximum absolute atomic E-state index is 11.5. The highest BCUT2D eigenvalue weighted by atomic mass is 35.5. The van der Waals surface area contributed by atoms with Crippen molar-refractivity contribution in [1.29, 1.82) is 0 Å². The van der Waals surface area contributed by atoms with Crippen LogP contribution in [0.1, 0.15) is 16.2 Å². The highest BCUT2D eigenvalue weighted by Gasteiger charge is 2.25. The second-order valence-corrected chi connectivity index (χ2v) is 5.95. The SMILES string of the molecule is NC(=O)c1onc(CCO)c1-c1nnc(-c2ccccc2Cl)s1. The van der Waals surface area contributed by atoms with Crippen molar-refractivity contribution in [3.8, 4) is 21.1 Å². The first-order valence-electron chi connectivity index (χ1n) is 6.59. The maximum Gasteiger partial charge on any atom is 0.288 e. The van der Waals surface area contributed by atoms with Crippen LogP contribution in [0.5, 0.6) is 0 Å². The van der Waals surface area contributed by atoms with Crippen molar-refractivity contribution < 1.29 is 14.4 Å². The number of benzene rings is 1. The molecule has 0 spiro atoms. The van der Waals surface area contributed by atoms with Gasteiger partial charge in [0.15, 0.2) is 5.01 Å². The number of carbonyl (C=O) groups excluding carboxylic acids is 1. The molecule has 0 saturated carbocycles. The Morgan fingerprint density at radius 3 is 2.74 bits per heavy atom. The number of nitrogens with two attached hydrogens (primary N) is 1. The largest absolute Gasteiger partial charge is 0.396 e. The Labute approximate surface area is 139 Å². The average molecular weight is 351 g/mol. The van der Waals surface area contributed by atoms with Gasteiger partial charge in [-0.2, -0.15) is 0 Å². The van der Waals surface area contributed by atoms with Gasteiger partial charge in [0, 0.05) is 18.6 Å². The number of hydrogen-bond donors (Lipinski definition) is 2. The molecule has 9 heteroatoms. The molecule has 0 radical (unpaired) electrons. The lowest BCUT2D eigenvalue weighted by atomic mass is 10.1. The first-order valence-corrected chi connectivity index (χ1v) is 7.79. The number of aliphatic hydroxyl groups excluding tert-OH is 1. The molecular formula is C14H11ClN4O3S. The van der Waals surface area contributed by atoms with Gasteiger partial charge in [-0.15, -0.1) is 10.2 Å². The first kappa shape index (κ1) is 15.6. The van der Waals surface area contributed by atoms with Crippen LogP contribution in [0.15, 0.2) is 28.8 Å². The van der Waals surface area contributed by atoms with Crippen LogP contribution in [0.4, 0.5) is 0 Å². The second kappa shape index (κ2) is 6.45. The number of nitrogens with zero attached hydrogens (tertiary/aromatic N) is 3. The van der Waals surface area contributed by atoms with E-state index < -0.39 is 5.91 Å². The van der Waals surface area contributed by atoms with Gasteiger partial charge >= 0.3 is 0 Å². The molecule has 2 heterocycles. The minimum absolute atomic E-state index is 0.102. The molecule has 2 aromatic heterocycles. The fraction of sp³-hybridized carbons (Fsp3) is 0.143. The number of halogens is 1. The van der Waals surface area contributed by atoms with Crippen molar-refractivity contribution in [2.45, 2.75) is 6.42 Å². The molecule has 1 aromatic carbocycles. The smallest absolute Gasteiger partial charge is 0.288 e. The molecule has 3 N–H and O–H groups in total. The molecule has 0 aliphatic rings. The minimum Gasteiger partial charge on any atom is -0.396 e. The van der Waals surface area contributed by atoms with E-state index in [-0.39, 0.29) is 18.8 Å². The van der Waals surface area contributed by atoms with E-state index in [4.69, 9.17) is 27.0 Å². The Kier molecular flexibility index (Phi) is 4.37. The van der Waals surface area contributed by atoms with Gasteiger partial charge in [-0.05, 0) is 6.07 Å². The van der Waals surface area contributed by atoms with Crippen LogP contribution in [-0.2, 0) is 6.42 Å². The summed E-state index contributed by atoms with van der Waals surface area (Å²) in [6, 6.07) is 7.24. The van der Waals surface area contributed by atoms with Gasteiger partial charge in [-0.1, -0.05) is 46.3 Å². The van der Waals surface area contributed by atoms with Crippen molar-refractivity contribution in [2.75, 3.05) is 6.61 Å². The van der Waals surface area contributed by atoms with Crippen LogP contribution in [0.25, 0.3) is 21.1 Å². The molecule has 0 unspecified atom stereocenters. The lowest BCUT2D eigenvalue weighted by Crippen LogP contribution is -2.11. The van der Waals surface area contributed by atoms with Crippen molar-refractivity contribution >= 4 is 28.8 Å². The van der Waals surface area contributed by atoms with Crippen molar-refractivity contribution in [3.05, 3.63) is 40.7 Å². The number of amides is 1. The van der Waals surface area contributed by atoms with Crippen LogP contribution in [-0.4, -0.2) is 33.0 Å². The average Bonchev–Trinajstić information content (AvgIpc) is 3.14. The quantitative estimate of drug-likeness (QED) is 0.728. The Morgan fingerprint density at radius 2 is 2.04 bits per heavy atom. The van der Waals surface area contributed by atoms with Crippen LogP contribution in [0, 0.1) is 0 Å². The molecule has 0 aliphatic heterocycles. The molecule has 23 heavy (non-hydrogen) atoms. The highest BCUT2D eigenvalue weighted by Crippen LogP contribution is 2.36. The Bertz CT molecular complexity index is 861. The normalized spacial score (nSPS) is 10.9. The van der Waals surface area contributed by atoms with Crippen LogP contribution >= 0.6 is 22.9 Å². The van der Waals surface area contributed by atoms with Gasteiger partial charge in [-0.3, -0.25) is 4.79 Å². The number of aliphatic hydroxyl groups is 1. The van der Waals surface area contributed by atoms with E-state index in [1.807, 2.05) is 18.2 Å². The zero-order valence-corrected chi connectivity index (χ0v) is 13.3. The molecule has 118 valence electrons. The third-order valence-electron chi connectivity index (χ3n) is 3.08. The summed E-state index contributed by atoms with van der Waals surface area (Å²) >= 11 is 7.39. The number of carbonyl (C=O) groups is 1. The molecule has 0 fully saturated rings. The predicted octanol–water partition coefficient (Wildman–Crippen LogP) is 2.15. The number of aromatic nitrogens is 3. The molecule has 3 aromatic rings. The van der Waals surface area contributed by atoms with E-state index >= 15 is 0 Å². The van der Waals surface area contributed by atoms with Gasteiger partial charge in [0.2, 0.25) is 5.76 Å². The molecule has 3 rings (SSSR count).